The molecule has 24 heteroatoms. The maximum atomic E-state index is 14.8. The third kappa shape index (κ3) is 12.7. The lowest BCUT2D eigenvalue weighted by Gasteiger charge is -2.39. The monoisotopic (exact) mass is 1140 g/mol. The van der Waals surface area contributed by atoms with Crippen molar-refractivity contribution in [3.63, 3.8) is 0 Å². The molecule has 13 rings (SSSR count). The predicted octanol–water partition coefficient (Wildman–Crippen LogP) is 9.10. The van der Waals surface area contributed by atoms with Gasteiger partial charge in [0, 0.05) is 73.5 Å². The lowest BCUT2D eigenvalue weighted by molar-refractivity contribution is -0.00486. The lowest BCUT2D eigenvalue weighted by atomic mass is 9.96. The molecule has 0 spiro atoms. The molecule has 3 saturated carbocycles. The van der Waals surface area contributed by atoms with Gasteiger partial charge in [-0.25, -0.2) is 55.1 Å². The topological polar surface area (TPSA) is 236 Å². The number of amides is 1. The van der Waals surface area contributed by atoms with Crippen LogP contribution in [0, 0.1) is 11.6 Å². The van der Waals surface area contributed by atoms with Gasteiger partial charge in [-0.1, -0.05) is 0 Å². The zero-order valence-electron chi connectivity index (χ0n) is 43.3. The van der Waals surface area contributed by atoms with Crippen molar-refractivity contribution in [2.75, 3.05) is 12.5 Å². The first-order chi connectivity index (χ1) is 37.3. The second kappa shape index (κ2) is 23.4. The van der Waals surface area contributed by atoms with Gasteiger partial charge in [-0.15, -0.1) is 0 Å². The Bertz CT molecular complexity index is 3370. The molecule has 4 bridgehead atoms. The highest BCUT2D eigenvalue weighted by Gasteiger charge is 2.46. The number of halogens is 3. The molecule has 0 radical (unpaired) electrons. The summed E-state index contributed by atoms with van der Waals surface area (Å²) in [5, 5.41) is 13.4. The van der Waals surface area contributed by atoms with E-state index in [0.717, 1.165) is 102 Å². The first kappa shape index (κ1) is 55.3. The Hall–Kier alpha value is -6.01. The number of carbonyl (C=O) groups excluding carboxylic acids is 2. The lowest BCUT2D eigenvalue weighted by Crippen LogP contribution is -2.50. The molecule has 3 aliphatic carbocycles. The minimum Gasteiger partial charge on any atom is -0.474 e. The van der Waals surface area contributed by atoms with E-state index in [1.807, 2.05) is 4.90 Å². The standard InChI is InChI=1S/C25H27FN4O5S.C20H21FN4O3S.C5H7ClO2.C4H8O/c1-36(32,33)19-7-8-22(21(26)13-19)29-10-9-20-23(29)27-14-28-24(20)34-18-11-15-5-6-16(12-18)30(15)25(31)35-17-3-2-4-17;1-29(26,27)15-4-5-18(17(21)10-15)25-7-6-16-19(25)22-11-23-20(16)28-14-8-12-2-3-13(9-14)24-12;6-5(7)8-4-2-1-3-4;5-4-2-1-3-4/h7-10,13-18H,2-6,11-12H2,1H3;4-7,10-14,24H,2-3,8-9H2,1H3;4H,1-3H2;4-5H,1-3H2. The fraction of sp³-hybridized carbons (Fsp3) is 0.519. The van der Waals surface area contributed by atoms with Crippen LogP contribution in [0.4, 0.5) is 18.4 Å². The van der Waals surface area contributed by atoms with Crippen LogP contribution in [0.3, 0.4) is 0 Å². The van der Waals surface area contributed by atoms with Crippen LogP contribution < -0.4 is 14.8 Å². The third-order valence-corrected chi connectivity index (χ3v) is 18.0. The fourth-order valence-electron chi connectivity index (χ4n) is 10.9. The zero-order chi connectivity index (χ0) is 54.9. The van der Waals surface area contributed by atoms with Gasteiger partial charge >= 0.3 is 11.5 Å². The number of aromatic nitrogens is 6. The van der Waals surface area contributed by atoms with Crippen LogP contribution in [0.1, 0.15) is 109 Å². The van der Waals surface area contributed by atoms with Crippen molar-refractivity contribution in [3.8, 4) is 23.1 Å². The van der Waals surface area contributed by atoms with Gasteiger partial charge in [0.1, 0.15) is 48.7 Å². The van der Waals surface area contributed by atoms with Gasteiger partial charge in [0.15, 0.2) is 31.0 Å². The van der Waals surface area contributed by atoms with Crippen molar-refractivity contribution in [3.05, 3.63) is 85.2 Å². The van der Waals surface area contributed by atoms with E-state index >= 15 is 0 Å². The Labute approximate surface area is 455 Å². The van der Waals surface area contributed by atoms with Gasteiger partial charge in [0.05, 0.1) is 38.0 Å². The van der Waals surface area contributed by atoms with Gasteiger partial charge in [0.2, 0.25) is 11.8 Å². The number of nitrogens with one attached hydrogen (secondary N) is 1. The number of rotatable bonds is 10. The van der Waals surface area contributed by atoms with Crippen LogP contribution in [0.5, 0.6) is 11.8 Å². The first-order valence-corrected chi connectivity index (χ1v) is 30.8. The Kier molecular flexibility index (Phi) is 16.6. The van der Waals surface area contributed by atoms with Gasteiger partial charge in [-0.2, -0.15) is 0 Å². The van der Waals surface area contributed by atoms with Crippen LogP contribution >= 0.6 is 11.6 Å². The fourth-order valence-corrected chi connectivity index (χ4v) is 12.3. The highest BCUT2D eigenvalue weighted by atomic mass is 35.5. The van der Waals surface area contributed by atoms with E-state index in [2.05, 4.69) is 30.0 Å². The number of nitrogens with zero attached hydrogens (tertiary/aromatic N) is 7. The quantitative estimate of drug-likeness (QED) is 0.122. The van der Waals surface area contributed by atoms with E-state index in [1.165, 1.54) is 56.2 Å². The van der Waals surface area contributed by atoms with Crippen molar-refractivity contribution in [2.24, 2.45) is 0 Å². The predicted molar refractivity (Wildman–Crippen MR) is 284 cm³/mol. The van der Waals surface area contributed by atoms with E-state index in [-0.39, 0.29) is 69.9 Å². The van der Waals surface area contributed by atoms with E-state index in [0.29, 0.717) is 58.8 Å². The third-order valence-electron chi connectivity index (χ3n) is 15.7. The number of benzene rings is 2. The number of carbonyl (C=O) groups is 2. The van der Waals surface area contributed by atoms with Crippen LogP contribution in [0.25, 0.3) is 33.4 Å². The summed E-state index contributed by atoms with van der Waals surface area (Å²) in [5.41, 5.74) is 0.693. The Morgan fingerprint density at radius 3 is 1.41 bits per heavy atom. The number of hydrogen-bond acceptors (Lipinski definition) is 16. The number of ether oxygens (including phenoxy) is 4. The maximum absolute atomic E-state index is 14.8. The molecule has 1 amide bonds. The molecule has 418 valence electrons. The molecule has 2 N–H and O–H groups in total. The molecule has 19 nitrogen and oxygen atoms in total. The Morgan fingerprint density at radius 1 is 0.603 bits per heavy atom. The summed E-state index contributed by atoms with van der Waals surface area (Å²) in [6.07, 6.45) is 25.3. The summed E-state index contributed by atoms with van der Waals surface area (Å²) in [4.78, 5) is 41.7. The molecule has 4 saturated heterocycles. The number of piperidine rings is 2. The molecule has 4 aromatic heterocycles. The highest BCUT2D eigenvalue weighted by molar-refractivity contribution is 7.91. The molecule has 2 aromatic carbocycles. The van der Waals surface area contributed by atoms with Crippen molar-refractivity contribution < 1.29 is 59.3 Å². The molecule has 7 aliphatic rings. The number of aliphatic hydroxyl groups is 1. The first-order valence-electron chi connectivity index (χ1n) is 26.6. The second-order valence-electron chi connectivity index (χ2n) is 21.3. The Balaban J connectivity index is 0.000000145. The molecule has 78 heavy (non-hydrogen) atoms. The molecule has 6 aromatic rings. The van der Waals surface area contributed by atoms with Crippen molar-refractivity contribution in [1.29, 1.82) is 0 Å². The van der Waals surface area contributed by atoms with Crippen LogP contribution in [0.2, 0.25) is 0 Å². The van der Waals surface area contributed by atoms with Gasteiger partial charge in [0.25, 0.3) is 0 Å². The van der Waals surface area contributed by atoms with E-state index in [1.54, 1.807) is 33.7 Å². The normalized spacial score (nSPS) is 23.7. The number of aliphatic hydroxyl groups excluding tert-OH is 1. The summed E-state index contributed by atoms with van der Waals surface area (Å²) in [6.45, 7) is 0. The summed E-state index contributed by atoms with van der Waals surface area (Å²) < 4.78 is 102. The summed E-state index contributed by atoms with van der Waals surface area (Å²) in [5.74, 6) is -0.411. The maximum Gasteiger partial charge on any atom is 0.410 e. The largest absolute Gasteiger partial charge is 0.474 e. The van der Waals surface area contributed by atoms with Crippen molar-refractivity contribution in [2.45, 2.75) is 174 Å². The number of fused-ring (bicyclic) bond motifs is 6. The molecular formula is C54H63ClF2N8O11S2. The summed E-state index contributed by atoms with van der Waals surface area (Å²) in [6, 6.07) is 12.4. The molecule has 4 atom stereocenters. The molecule has 4 unspecified atom stereocenters. The molecular weight excluding hydrogens is 1070 g/mol. The van der Waals surface area contributed by atoms with Crippen molar-refractivity contribution >= 4 is 64.9 Å². The van der Waals surface area contributed by atoms with Crippen LogP contribution in [0.15, 0.2) is 83.4 Å². The van der Waals surface area contributed by atoms with Crippen molar-refractivity contribution in [1.82, 2.24) is 39.3 Å². The molecule has 4 aliphatic heterocycles. The van der Waals surface area contributed by atoms with Crippen LogP contribution in [-0.4, -0.2) is 135 Å². The van der Waals surface area contributed by atoms with Crippen LogP contribution in [-0.2, 0) is 29.1 Å². The summed E-state index contributed by atoms with van der Waals surface area (Å²) in [7, 11) is -7.00. The minimum absolute atomic E-state index is 0.0607. The highest BCUT2D eigenvalue weighted by Crippen LogP contribution is 2.40. The van der Waals surface area contributed by atoms with E-state index < -0.39 is 36.7 Å². The smallest absolute Gasteiger partial charge is 0.410 e. The average molecular weight is 1140 g/mol. The van der Waals surface area contributed by atoms with Gasteiger partial charge in [-0.05, 0) is 145 Å². The minimum atomic E-state index is -3.52. The SMILES string of the molecule is CS(=O)(=O)c1ccc(-n2ccc3c(OC4CC5CCC(C4)N5)ncnc32)c(F)c1.CS(=O)(=O)c1ccc(-n2ccc3c(OC4CC5CCC(C4)N5C(=O)OC4CCC4)ncnc32)c(F)c1.O=C(Cl)OC1CCC1.OC1CCC1. The van der Waals surface area contributed by atoms with Gasteiger partial charge < -0.3 is 34.3 Å². The van der Waals surface area contributed by atoms with Gasteiger partial charge in [-0.3, -0.25) is 9.13 Å². The average Bonchev–Trinajstić information content (AvgIpc) is 4.21. The van der Waals surface area contributed by atoms with E-state index in [9.17, 15) is 35.2 Å². The second-order valence-corrected chi connectivity index (χ2v) is 25.6. The number of hydrogen-bond donors (Lipinski definition) is 2. The zero-order valence-corrected chi connectivity index (χ0v) is 45.6. The number of sulfone groups is 2. The molecule has 8 heterocycles. The Morgan fingerprint density at radius 2 is 1.04 bits per heavy atom. The molecule has 7 fully saturated rings. The van der Waals surface area contributed by atoms with E-state index in [4.69, 9.17) is 30.9 Å². The summed E-state index contributed by atoms with van der Waals surface area (Å²) >= 11 is 4.92.